The highest BCUT2D eigenvalue weighted by Gasteiger charge is 2.20. The number of hydrogen-bond acceptors (Lipinski definition) is 3. The van der Waals surface area contributed by atoms with Crippen LogP contribution in [0.1, 0.15) is 19.4 Å². The zero-order valence-electron chi connectivity index (χ0n) is 12.2. The second kappa shape index (κ2) is 5.94. The minimum atomic E-state index is -0.00896. The second-order valence-corrected chi connectivity index (χ2v) is 5.57. The Morgan fingerprint density at radius 3 is 2.55 bits per heavy atom. The standard InChI is InChI=1S/C17H20N2O/c1-17(2,12-19-9-8-18)15-6-4-14-11-16(20-3)7-5-13(14)10-15/h4-7,10-11,19H,9,12H2,1-3H3. The third kappa shape index (κ3) is 3.09. The van der Waals surface area contributed by atoms with Gasteiger partial charge in [-0.3, -0.25) is 0 Å². The monoisotopic (exact) mass is 268 g/mol. The molecule has 0 saturated carbocycles. The maximum Gasteiger partial charge on any atom is 0.119 e. The molecular weight excluding hydrogens is 248 g/mol. The van der Waals surface area contributed by atoms with E-state index in [9.17, 15) is 0 Å². The van der Waals surface area contributed by atoms with Crippen molar-refractivity contribution in [3.63, 3.8) is 0 Å². The van der Waals surface area contributed by atoms with E-state index in [4.69, 9.17) is 10.00 Å². The third-order valence-electron chi connectivity index (χ3n) is 3.60. The maximum absolute atomic E-state index is 8.60. The molecule has 2 aromatic carbocycles. The summed E-state index contributed by atoms with van der Waals surface area (Å²) in [4.78, 5) is 0. The molecule has 0 saturated heterocycles. The molecule has 0 amide bonds. The number of nitriles is 1. The summed E-state index contributed by atoms with van der Waals surface area (Å²) < 4.78 is 5.24. The van der Waals surface area contributed by atoms with Gasteiger partial charge in [0.2, 0.25) is 0 Å². The Morgan fingerprint density at radius 1 is 1.15 bits per heavy atom. The van der Waals surface area contributed by atoms with E-state index in [1.165, 1.54) is 16.3 Å². The Hall–Kier alpha value is -2.05. The molecule has 0 aliphatic rings. The van der Waals surface area contributed by atoms with Gasteiger partial charge in [0.15, 0.2) is 0 Å². The molecule has 1 N–H and O–H groups in total. The summed E-state index contributed by atoms with van der Waals surface area (Å²) >= 11 is 0. The molecular formula is C17H20N2O. The van der Waals surface area contributed by atoms with E-state index in [0.717, 1.165) is 12.3 Å². The lowest BCUT2D eigenvalue weighted by Crippen LogP contribution is -2.33. The van der Waals surface area contributed by atoms with Gasteiger partial charge in [0.1, 0.15) is 5.75 Å². The van der Waals surface area contributed by atoms with Crippen LogP contribution in [0.15, 0.2) is 36.4 Å². The lowest BCUT2D eigenvalue weighted by Gasteiger charge is -2.25. The van der Waals surface area contributed by atoms with Crippen LogP contribution in [0, 0.1) is 11.3 Å². The molecule has 2 rings (SSSR count). The number of rotatable bonds is 5. The average molecular weight is 268 g/mol. The predicted molar refractivity (Wildman–Crippen MR) is 82.0 cm³/mol. The highest BCUT2D eigenvalue weighted by Crippen LogP contribution is 2.28. The zero-order chi connectivity index (χ0) is 14.6. The molecule has 0 atom stereocenters. The summed E-state index contributed by atoms with van der Waals surface area (Å²) in [5, 5.41) is 14.1. The van der Waals surface area contributed by atoms with Crippen molar-refractivity contribution in [2.24, 2.45) is 0 Å². The highest BCUT2D eigenvalue weighted by molar-refractivity contribution is 5.84. The Bertz CT molecular complexity index is 641. The first-order chi connectivity index (χ1) is 9.56. The van der Waals surface area contributed by atoms with Crippen LogP contribution in [0.3, 0.4) is 0 Å². The van der Waals surface area contributed by atoms with Crippen LogP contribution in [0.5, 0.6) is 5.75 Å². The average Bonchev–Trinajstić information content (AvgIpc) is 2.46. The third-order valence-corrected chi connectivity index (χ3v) is 3.60. The van der Waals surface area contributed by atoms with Gasteiger partial charge in [-0.2, -0.15) is 5.26 Å². The highest BCUT2D eigenvalue weighted by atomic mass is 16.5. The molecule has 0 unspecified atom stereocenters. The predicted octanol–water partition coefficient (Wildman–Crippen LogP) is 3.24. The number of hydrogen-bond donors (Lipinski definition) is 1. The molecule has 2 aromatic rings. The van der Waals surface area contributed by atoms with Crippen LogP contribution in [0.2, 0.25) is 0 Å². The lowest BCUT2D eigenvalue weighted by atomic mass is 9.83. The molecule has 0 aromatic heterocycles. The van der Waals surface area contributed by atoms with Crippen LogP contribution in [0.4, 0.5) is 0 Å². The Balaban J connectivity index is 2.29. The van der Waals surface area contributed by atoms with Crippen molar-refractivity contribution in [3.8, 4) is 11.8 Å². The van der Waals surface area contributed by atoms with E-state index in [1.807, 2.05) is 12.1 Å². The van der Waals surface area contributed by atoms with E-state index < -0.39 is 0 Å². The fraction of sp³-hybridized carbons (Fsp3) is 0.353. The molecule has 3 heteroatoms. The van der Waals surface area contributed by atoms with Crippen molar-refractivity contribution in [1.82, 2.24) is 5.32 Å². The molecule has 0 aliphatic heterocycles. The Labute approximate surface area is 120 Å². The molecule has 104 valence electrons. The molecule has 3 nitrogen and oxygen atoms in total. The largest absolute Gasteiger partial charge is 0.497 e. The summed E-state index contributed by atoms with van der Waals surface area (Å²) in [5.74, 6) is 0.875. The van der Waals surface area contributed by atoms with Crippen molar-refractivity contribution in [2.75, 3.05) is 20.2 Å². The molecule has 0 fully saturated rings. The smallest absolute Gasteiger partial charge is 0.119 e. The lowest BCUT2D eigenvalue weighted by molar-refractivity contribution is 0.415. The van der Waals surface area contributed by atoms with Crippen LogP contribution in [-0.4, -0.2) is 20.2 Å². The first kappa shape index (κ1) is 14.4. The topological polar surface area (TPSA) is 45.0 Å². The summed E-state index contributed by atoms with van der Waals surface area (Å²) in [6.07, 6.45) is 0. The van der Waals surface area contributed by atoms with Crippen molar-refractivity contribution < 1.29 is 4.74 Å². The van der Waals surface area contributed by atoms with E-state index in [1.54, 1.807) is 7.11 Å². The molecule has 0 aliphatic carbocycles. The maximum atomic E-state index is 8.60. The normalized spacial score (nSPS) is 11.3. The number of fused-ring (bicyclic) bond motifs is 1. The molecule has 0 spiro atoms. The minimum absolute atomic E-state index is 0.00896. The van der Waals surface area contributed by atoms with E-state index in [2.05, 4.69) is 49.5 Å². The van der Waals surface area contributed by atoms with Crippen LogP contribution in [0.25, 0.3) is 10.8 Å². The number of nitrogens with zero attached hydrogens (tertiary/aromatic N) is 1. The van der Waals surface area contributed by atoms with E-state index in [-0.39, 0.29) is 5.41 Å². The number of benzene rings is 2. The number of nitrogens with one attached hydrogen (secondary N) is 1. The van der Waals surface area contributed by atoms with Crippen LogP contribution in [-0.2, 0) is 5.41 Å². The van der Waals surface area contributed by atoms with Gasteiger partial charge in [-0.1, -0.05) is 38.1 Å². The van der Waals surface area contributed by atoms with E-state index in [0.29, 0.717) is 6.54 Å². The van der Waals surface area contributed by atoms with Gasteiger partial charge in [-0.05, 0) is 28.5 Å². The molecule has 20 heavy (non-hydrogen) atoms. The second-order valence-electron chi connectivity index (χ2n) is 5.57. The van der Waals surface area contributed by atoms with Gasteiger partial charge in [0, 0.05) is 12.0 Å². The Kier molecular flexibility index (Phi) is 4.26. The number of ether oxygens (including phenoxy) is 1. The SMILES string of the molecule is COc1ccc2cc(C(C)(C)CNCC#N)ccc2c1. The van der Waals surface area contributed by atoms with Gasteiger partial charge in [0.05, 0.1) is 19.7 Å². The summed E-state index contributed by atoms with van der Waals surface area (Å²) in [6, 6.07) is 14.7. The number of methoxy groups -OCH3 is 1. The summed E-state index contributed by atoms with van der Waals surface area (Å²) in [6.45, 7) is 5.53. The fourth-order valence-corrected chi connectivity index (χ4v) is 2.30. The minimum Gasteiger partial charge on any atom is -0.497 e. The van der Waals surface area contributed by atoms with E-state index >= 15 is 0 Å². The molecule has 0 heterocycles. The van der Waals surface area contributed by atoms with Crippen molar-refractivity contribution in [1.29, 1.82) is 5.26 Å². The van der Waals surface area contributed by atoms with Gasteiger partial charge in [0.25, 0.3) is 0 Å². The zero-order valence-corrected chi connectivity index (χ0v) is 12.2. The van der Waals surface area contributed by atoms with Gasteiger partial charge >= 0.3 is 0 Å². The summed E-state index contributed by atoms with van der Waals surface area (Å²) in [7, 11) is 1.68. The first-order valence-corrected chi connectivity index (χ1v) is 6.73. The molecule has 0 radical (unpaired) electrons. The van der Waals surface area contributed by atoms with Crippen LogP contribution >= 0.6 is 0 Å². The van der Waals surface area contributed by atoms with Crippen LogP contribution < -0.4 is 10.1 Å². The van der Waals surface area contributed by atoms with Crippen molar-refractivity contribution in [2.45, 2.75) is 19.3 Å². The van der Waals surface area contributed by atoms with Gasteiger partial charge in [-0.25, -0.2) is 0 Å². The van der Waals surface area contributed by atoms with Gasteiger partial charge in [-0.15, -0.1) is 0 Å². The first-order valence-electron chi connectivity index (χ1n) is 6.73. The Morgan fingerprint density at radius 2 is 1.85 bits per heavy atom. The summed E-state index contributed by atoms with van der Waals surface area (Å²) in [5.41, 5.74) is 1.26. The van der Waals surface area contributed by atoms with Gasteiger partial charge < -0.3 is 10.1 Å². The van der Waals surface area contributed by atoms with Crippen molar-refractivity contribution in [3.05, 3.63) is 42.0 Å². The fourth-order valence-electron chi connectivity index (χ4n) is 2.30. The molecule has 0 bridgehead atoms. The van der Waals surface area contributed by atoms with Crippen molar-refractivity contribution >= 4 is 10.8 Å². The quantitative estimate of drug-likeness (QED) is 0.669.